The summed E-state index contributed by atoms with van der Waals surface area (Å²) < 4.78 is 5.71. The summed E-state index contributed by atoms with van der Waals surface area (Å²) in [5.74, 6) is 0.287. The minimum Gasteiger partial charge on any atom is -0.480 e. The fourth-order valence-corrected chi connectivity index (χ4v) is 2.93. The first kappa shape index (κ1) is 16.8. The molecule has 2 amide bonds. The number of fused-ring (bicyclic) bond motifs is 1. The first-order valence-electron chi connectivity index (χ1n) is 8.56. The average Bonchev–Trinajstić information content (AvgIpc) is 3.13. The van der Waals surface area contributed by atoms with Gasteiger partial charge in [0.15, 0.2) is 6.10 Å². The molecule has 134 valence electrons. The molecule has 0 saturated heterocycles. The molecule has 4 rings (SSSR count). The van der Waals surface area contributed by atoms with Crippen LogP contribution in [0, 0.1) is 0 Å². The van der Waals surface area contributed by atoms with Crippen LogP contribution in [-0.4, -0.2) is 22.9 Å². The van der Waals surface area contributed by atoms with E-state index in [0.29, 0.717) is 23.4 Å². The summed E-state index contributed by atoms with van der Waals surface area (Å²) in [5, 5.41) is 5.65. The summed E-state index contributed by atoms with van der Waals surface area (Å²) in [7, 11) is 0. The van der Waals surface area contributed by atoms with Gasteiger partial charge in [-0.1, -0.05) is 24.3 Å². The topological polar surface area (TPSA) is 80.3 Å². The number of nitrogens with zero attached hydrogens (tertiary/aromatic N) is 1. The smallest absolute Gasteiger partial charge is 0.265 e. The summed E-state index contributed by atoms with van der Waals surface area (Å²) >= 11 is 0. The lowest BCUT2D eigenvalue weighted by atomic mass is 10.1. The van der Waals surface area contributed by atoms with Gasteiger partial charge in [0.25, 0.3) is 11.8 Å². The van der Waals surface area contributed by atoms with Gasteiger partial charge in [-0.25, -0.2) is 0 Å². The molecule has 0 unspecified atom stereocenters. The molecule has 2 heterocycles. The highest BCUT2D eigenvalue weighted by Crippen LogP contribution is 2.28. The third kappa shape index (κ3) is 3.79. The van der Waals surface area contributed by atoms with Crippen molar-refractivity contribution in [3.63, 3.8) is 0 Å². The number of anilines is 2. The lowest BCUT2D eigenvalue weighted by molar-refractivity contribution is -0.122. The molecule has 0 spiro atoms. The summed E-state index contributed by atoms with van der Waals surface area (Å²) in [6, 6.07) is 17.9. The van der Waals surface area contributed by atoms with Crippen LogP contribution in [0.4, 0.5) is 11.4 Å². The molecule has 0 aliphatic carbocycles. The van der Waals surface area contributed by atoms with Crippen molar-refractivity contribution in [2.45, 2.75) is 12.5 Å². The van der Waals surface area contributed by atoms with Crippen molar-refractivity contribution in [3.05, 3.63) is 84.2 Å². The first-order chi connectivity index (χ1) is 13.2. The van der Waals surface area contributed by atoms with Gasteiger partial charge in [-0.3, -0.25) is 14.6 Å². The van der Waals surface area contributed by atoms with Crippen LogP contribution in [0.2, 0.25) is 0 Å². The lowest BCUT2D eigenvalue weighted by Crippen LogP contribution is -2.31. The van der Waals surface area contributed by atoms with Crippen LogP contribution in [0.3, 0.4) is 0 Å². The second-order valence-electron chi connectivity index (χ2n) is 6.18. The number of ether oxygens (including phenoxy) is 1. The van der Waals surface area contributed by atoms with E-state index in [1.54, 1.807) is 48.8 Å². The first-order valence-corrected chi connectivity index (χ1v) is 8.56. The summed E-state index contributed by atoms with van der Waals surface area (Å²) in [4.78, 5) is 28.6. The Labute approximate surface area is 156 Å². The van der Waals surface area contributed by atoms with E-state index >= 15 is 0 Å². The average molecular weight is 359 g/mol. The number of pyridine rings is 1. The molecule has 1 aromatic heterocycles. The maximum Gasteiger partial charge on any atom is 0.265 e. The molecular formula is C21H17N3O3. The zero-order valence-corrected chi connectivity index (χ0v) is 14.4. The van der Waals surface area contributed by atoms with E-state index in [-0.39, 0.29) is 11.8 Å². The van der Waals surface area contributed by atoms with Gasteiger partial charge in [0, 0.05) is 35.8 Å². The van der Waals surface area contributed by atoms with E-state index in [1.807, 2.05) is 24.3 Å². The zero-order valence-electron chi connectivity index (χ0n) is 14.4. The quantitative estimate of drug-likeness (QED) is 0.749. The summed E-state index contributed by atoms with van der Waals surface area (Å²) in [6.45, 7) is 0. The number of rotatable bonds is 4. The zero-order chi connectivity index (χ0) is 18.6. The van der Waals surface area contributed by atoms with Crippen molar-refractivity contribution in [1.29, 1.82) is 0 Å². The van der Waals surface area contributed by atoms with E-state index in [4.69, 9.17) is 4.74 Å². The Morgan fingerprint density at radius 3 is 2.44 bits per heavy atom. The minimum absolute atomic E-state index is 0.219. The van der Waals surface area contributed by atoms with Crippen LogP contribution < -0.4 is 15.4 Å². The molecule has 0 radical (unpaired) electrons. The van der Waals surface area contributed by atoms with Crippen molar-refractivity contribution in [3.8, 4) is 5.75 Å². The molecule has 3 aromatic rings. The van der Waals surface area contributed by atoms with Crippen LogP contribution in [0.25, 0.3) is 0 Å². The second-order valence-corrected chi connectivity index (χ2v) is 6.18. The maximum atomic E-state index is 12.5. The van der Waals surface area contributed by atoms with Crippen LogP contribution in [0.5, 0.6) is 5.75 Å². The Morgan fingerprint density at radius 2 is 1.67 bits per heavy atom. The van der Waals surface area contributed by atoms with Crippen LogP contribution in [-0.2, 0) is 11.2 Å². The Bertz CT molecular complexity index is 964. The fraction of sp³-hybridized carbons (Fsp3) is 0.0952. The molecule has 2 N–H and O–H groups in total. The lowest BCUT2D eigenvalue weighted by Gasteiger charge is -2.12. The van der Waals surface area contributed by atoms with Gasteiger partial charge in [-0.2, -0.15) is 0 Å². The Kier molecular flexibility index (Phi) is 4.53. The highest BCUT2D eigenvalue weighted by atomic mass is 16.5. The number of hydrogen-bond donors (Lipinski definition) is 2. The van der Waals surface area contributed by atoms with Gasteiger partial charge >= 0.3 is 0 Å². The van der Waals surface area contributed by atoms with Crippen molar-refractivity contribution in [2.75, 3.05) is 10.6 Å². The van der Waals surface area contributed by atoms with Gasteiger partial charge < -0.3 is 15.4 Å². The Morgan fingerprint density at radius 1 is 0.926 bits per heavy atom. The molecule has 6 nitrogen and oxygen atoms in total. The van der Waals surface area contributed by atoms with Gasteiger partial charge in [0.2, 0.25) is 0 Å². The molecular weight excluding hydrogens is 342 g/mol. The predicted molar refractivity (Wildman–Crippen MR) is 102 cm³/mol. The molecule has 1 aliphatic heterocycles. The molecule has 6 heteroatoms. The third-order valence-electron chi connectivity index (χ3n) is 4.27. The van der Waals surface area contributed by atoms with Crippen LogP contribution in [0.15, 0.2) is 73.1 Å². The summed E-state index contributed by atoms with van der Waals surface area (Å²) in [5.41, 5.74) is 2.71. The van der Waals surface area contributed by atoms with Gasteiger partial charge in [-0.05, 0) is 42.0 Å². The molecule has 1 atom stereocenters. The number of nitrogens with one attached hydrogen (secondary N) is 2. The van der Waals surface area contributed by atoms with Gasteiger partial charge in [0.05, 0.1) is 0 Å². The molecule has 27 heavy (non-hydrogen) atoms. The molecule has 2 aromatic carbocycles. The SMILES string of the molecule is O=C(Nc1cccc(NC(=O)[C@@H]2Cc3ccccc3O2)c1)c1ccncc1. The number of carbonyl (C=O) groups excluding carboxylic acids is 2. The molecule has 0 bridgehead atoms. The highest BCUT2D eigenvalue weighted by molar-refractivity contribution is 6.04. The minimum atomic E-state index is -0.558. The fourth-order valence-electron chi connectivity index (χ4n) is 2.93. The summed E-state index contributed by atoms with van der Waals surface area (Å²) in [6.07, 6.45) is 3.11. The number of para-hydroxylation sites is 1. The van der Waals surface area contributed by atoms with Crippen LogP contribution >= 0.6 is 0 Å². The van der Waals surface area contributed by atoms with Crippen molar-refractivity contribution in [2.24, 2.45) is 0 Å². The van der Waals surface area contributed by atoms with Crippen molar-refractivity contribution >= 4 is 23.2 Å². The standard InChI is InChI=1S/C21H17N3O3/c25-20(14-8-10-22-11-9-14)23-16-5-3-6-17(13-16)24-21(26)19-12-15-4-1-2-7-18(15)27-19/h1-11,13,19H,12H2,(H,23,25)(H,24,26)/t19-/m0/s1. The Hall–Kier alpha value is -3.67. The number of hydrogen-bond acceptors (Lipinski definition) is 4. The van der Waals surface area contributed by atoms with Crippen LogP contribution in [0.1, 0.15) is 15.9 Å². The van der Waals surface area contributed by atoms with E-state index in [1.165, 1.54) is 0 Å². The van der Waals surface area contributed by atoms with Gasteiger partial charge in [0.1, 0.15) is 5.75 Å². The maximum absolute atomic E-state index is 12.5. The predicted octanol–water partition coefficient (Wildman–Crippen LogP) is 3.28. The van der Waals surface area contributed by atoms with Crippen molar-refractivity contribution < 1.29 is 14.3 Å². The number of aromatic nitrogens is 1. The van der Waals surface area contributed by atoms with E-state index in [9.17, 15) is 9.59 Å². The third-order valence-corrected chi connectivity index (χ3v) is 4.27. The van der Waals surface area contributed by atoms with E-state index in [2.05, 4.69) is 15.6 Å². The monoisotopic (exact) mass is 359 g/mol. The number of amides is 2. The van der Waals surface area contributed by atoms with Crippen molar-refractivity contribution in [1.82, 2.24) is 4.98 Å². The normalized spacial score (nSPS) is 14.7. The van der Waals surface area contributed by atoms with E-state index < -0.39 is 6.10 Å². The van der Waals surface area contributed by atoms with E-state index in [0.717, 1.165) is 11.3 Å². The number of benzene rings is 2. The largest absolute Gasteiger partial charge is 0.480 e. The highest BCUT2D eigenvalue weighted by Gasteiger charge is 2.28. The number of carbonyl (C=O) groups is 2. The molecule has 1 aliphatic rings. The second kappa shape index (κ2) is 7.29. The van der Waals surface area contributed by atoms with Gasteiger partial charge in [-0.15, -0.1) is 0 Å². The molecule has 0 saturated carbocycles. The molecule has 0 fully saturated rings. The Balaban J connectivity index is 1.41.